The Bertz CT molecular complexity index is 961. The summed E-state index contributed by atoms with van der Waals surface area (Å²) < 4.78 is 7.08. The third kappa shape index (κ3) is 4.59. The highest BCUT2D eigenvalue weighted by Gasteiger charge is 2.16. The van der Waals surface area contributed by atoms with E-state index in [-0.39, 0.29) is 12.3 Å². The Balaban J connectivity index is 1.69. The third-order valence-electron chi connectivity index (χ3n) is 4.64. The fourth-order valence-corrected chi connectivity index (χ4v) is 3.95. The van der Waals surface area contributed by atoms with Gasteiger partial charge in [-0.3, -0.25) is 4.79 Å². The van der Waals surface area contributed by atoms with Crippen LogP contribution in [0.25, 0.3) is 5.13 Å². The third-order valence-corrected chi connectivity index (χ3v) is 5.50. The van der Waals surface area contributed by atoms with Gasteiger partial charge in [-0.1, -0.05) is 19.4 Å². The van der Waals surface area contributed by atoms with Gasteiger partial charge in [-0.25, -0.2) is 9.67 Å². The fourth-order valence-electron chi connectivity index (χ4n) is 3.12. The van der Waals surface area contributed by atoms with Gasteiger partial charge in [-0.2, -0.15) is 5.10 Å². The van der Waals surface area contributed by atoms with E-state index in [4.69, 9.17) is 4.74 Å². The molecule has 1 N–H and O–H groups in total. The summed E-state index contributed by atoms with van der Waals surface area (Å²) in [6, 6.07) is 7.30. The summed E-state index contributed by atoms with van der Waals surface area (Å²) >= 11 is 1.51. The van der Waals surface area contributed by atoms with Gasteiger partial charge >= 0.3 is 0 Å². The molecule has 0 aliphatic carbocycles. The molecule has 28 heavy (non-hydrogen) atoms. The van der Waals surface area contributed by atoms with Gasteiger partial charge in [-0.05, 0) is 44.4 Å². The van der Waals surface area contributed by atoms with Crippen LogP contribution in [0.5, 0.6) is 5.75 Å². The number of nitrogens with zero attached hydrogens (tertiary/aromatic N) is 3. The number of rotatable bonds is 8. The summed E-state index contributed by atoms with van der Waals surface area (Å²) in [5, 5.41) is 10.3. The summed E-state index contributed by atoms with van der Waals surface area (Å²) in [4.78, 5) is 17.0. The molecule has 0 aliphatic heterocycles. The van der Waals surface area contributed by atoms with Crippen LogP contribution < -0.4 is 10.1 Å². The van der Waals surface area contributed by atoms with Crippen LogP contribution in [0.15, 0.2) is 29.6 Å². The van der Waals surface area contributed by atoms with E-state index in [0.29, 0.717) is 11.4 Å². The molecule has 0 saturated carbocycles. The van der Waals surface area contributed by atoms with E-state index in [2.05, 4.69) is 29.2 Å². The number of carbonyl (C=O) groups excluding carboxylic acids is 1. The summed E-state index contributed by atoms with van der Waals surface area (Å²) in [5.41, 5.74) is 4.93. The van der Waals surface area contributed by atoms with Crippen LogP contribution in [-0.4, -0.2) is 27.8 Å². The number of amides is 1. The Hall–Kier alpha value is -2.67. The largest absolute Gasteiger partial charge is 0.497 e. The molecular weight excluding hydrogens is 372 g/mol. The van der Waals surface area contributed by atoms with Gasteiger partial charge in [0, 0.05) is 22.8 Å². The number of ether oxygens (including phenoxy) is 1. The minimum absolute atomic E-state index is 0.109. The monoisotopic (exact) mass is 398 g/mol. The normalized spacial score (nSPS) is 10.9. The zero-order chi connectivity index (χ0) is 20.1. The second kappa shape index (κ2) is 9.01. The maximum absolute atomic E-state index is 12.4. The highest BCUT2D eigenvalue weighted by atomic mass is 32.1. The number of carbonyl (C=O) groups is 1. The van der Waals surface area contributed by atoms with E-state index in [1.165, 1.54) is 16.9 Å². The smallest absolute Gasteiger partial charge is 0.230 e. The Morgan fingerprint density at radius 3 is 2.89 bits per heavy atom. The zero-order valence-corrected chi connectivity index (χ0v) is 17.6. The predicted octanol–water partition coefficient (Wildman–Crippen LogP) is 4.48. The van der Waals surface area contributed by atoms with Crippen molar-refractivity contribution in [3.05, 3.63) is 52.3 Å². The van der Waals surface area contributed by atoms with Gasteiger partial charge in [0.2, 0.25) is 11.0 Å². The number of aryl methyl sites for hydroxylation is 1. The molecule has 0 saturated heterocycles. The van der Waals surface area contributed by atoms with Gasteiger partial charge in [0.15, 0.2) is 0 Å². The van der Waals surface area contributed by atoms with Crippen molar-refractivity contribution in [1.29, 1.82) is 0 Å². The molecule has 3 rings (SSSR count). The molecule has 0 radical (unpaired) electrons. The molecule has 0 spiro atoms. The van der Waals surface area contributed by atoms with Crippen molar-refractivity contribution in [3.63, 3.8) is 0 Å². The molecule has 2 aromatic heterocycles. The molecule has 1 aromatic carbocycles. The standard InChI is InChI=1S/C21H26N4O2S/c1-5-6-10-19-14(2)24-25(15(19)3)21-23-17(13-28-21)12-20(26)22-16-8-7-9-18(11-16)27-4/h7-9,11,13H,5-6,10,12H2,1-4H3,(H,22,26). The molecule has 2 heterocycles. The minimum atomic E-state index is -0.109. The Labute approximate surface area is 169 Å². The molecule has 148 valence electrons. The molecule has 0 bridgehead atoms. The molecule has 3 aromatic rings. The predicted molar refractivity (Wildman–Crippen MR) is 113 cm³/mol. The first-order valence-corrected chi connectivity index (χ1v) is 10.3. The van der Waals surface area contributed by atoms with Crippen LogP contribution in [0.3, 0.4) is 0 Å². The van der Waals surface area contributed by atoms with Crippen LogP contribution in [-0.2, 0) is 17.6 Å². The molecule has 0 unspecified atom stereocenters. The molecule has 7 heteroatoms. The fraction of sp³-hybridized carbons (Fsp3) is 0.381. The first-order valence-electron chi connectivity index (χ1n) is 9.45. The molecule has 1 amide bonds. The number of aromatic nitrogens is 3. The van der Waals surface area contributed by atoms with Crippen molar-refractivity contribution >= 4 is 22.9 Å². The Kier molecular flexibility index (Phi) is 6.46. The van der Waals surface area contributed by atoms with Crippen molar-refractivity contribution in [3.8, 4) is 10.9 Å². The van der Waals surface area contributed by atoms with E-state index in [1.807, 2.05) is 35.2 Å². The van der Waals surface area contributed by atoms with Crippen molar-refractivity contribution in [2.75, 3.05) is 12.4 Å². The van der Waals surface area contributed by atoms with Crippen LogP contribution in [0.1, 0.15) is 42.4 Å². The van der Waals surface area contributed by atoms with Crippen molar-refractivity contribution in [2.24, 2.45) is 0 Å². The topological polar surface area (TPSA) is 69.0 Å². The number of hydrogen-bond acceptors (Lipinski definition) is 5. The quantitative estimate of drug-likeness (QED) is 0.607. The van der Waals surface area contributed by atoms with E-state index < -0.39 is 0 Å². The molecular formula is C21H26N4O2S. The highest BCUT2D eigenvalue weighted by Crippen LogP contribution is 2.23. The SMILES string of the molecule is CCCCc1c(C)nn(-c2nc(CC(=O)Nc3cccc(OC)c3)cs2)c1C. The second-order valence-electron chi connectivity index (χ2n) is 6.74. The maximum Gasteiger partial charge on any atom is 0.230 e. The summed E-state index contributed by atoms with van der Waals surface area (Å²) in [6.07, 6.45) is 3.57. The maximum atomic E-state index is 12.4. The number of anilines is 1. The minimum Gasteiger partial charge on any atom is -0.497 e. The number of methoxy groups -OCH3 is 1. The lowest BCUT2D eigenvalue weighted by Crippen LogP contribution is -2.14. The van der Waals surface area contributed by atoms with Crippen LogP contribution >= 0.6 is 11.3 Å². The number of nitrogens with one attached hydrogen (secondary N) is 1. The number of benzene rings is 1. The molecule has 0 atom stereocenters. The summed E-state index contributed by atoms with van der Waals surface area (Å²) in [6.45, 7) is 6.32. The molecule has 6 nitrogen and oxygen atoms in total. The van der Waals surface area contributed by atoms with Crippen LogP contribution in [0.4, 0.5) is 5.69 Å². The summed E-state index contributed by atoms with van der Waals surface area (Å²) in [7, 11) is 1.60. The van der Waals surface area contributed by atoms with E-state index in [0.717, 1.165) is 41.5 Å². The van der Waals surface area contributed by atoms with Gasteiger partial charge in [0.25, 0.3) is 0 Å². The molecule has 0 fully saturated rings. The number of thiazole rings is 1. The van der Waals surface area contributed by atoms with Gasteiger partial charge < -0.3 is 10.1 Å². The lowest BCUT2D eigenvalue weighted by molar-refractivity contribution is -0.115. The Morgan fingerprint density at radius 2 is 2.14 bits per heavy atom. The highest BCUT2D eigenvalue weighted by molar-refractivity contribution is 7.12. The van der Waals surface area contributed by atoms with E-state index in [9.17, 15) is 4.79 Å². The number of unbranched alkanes of at least 4 members (excludes halogenated alkanes) is 1. The van der Waals surface area contributed by atoms with E-state index >= 15 is 0 Å². The van der Waals surface area contributed by atoms with Gasteiger partial charge in [-0.15, -0.1) is 11.3 Å². The van der Waals surface area contributed by atoms with Gasteiger partial charge in [0.05, 0.1) is 24.9 Å². The van der Waals surface area contributed by atoms with Crippen molar-refractivity contribution in [2.45, 2.75) is 46.5 Å². The first-order chi connectivity index (χ1) is 13.5. The average molecular weight is 399 g/mol. The van der Waals surface area contributed by atoms with E-state index in [1.54, 1.807) is 13.2 Å². The van der Waals surface area contributed by atoms with Crippen LogP contribution in [0, 0.1) is 13.8 Å². The van der Waals surface area contributed by atoms with Gasteiger partial charge in [0.1, 0.15) is 5.75 Å². The first kappa shape index (κ1) is 20.1. The Morgan fingerprint density at radius 1 is 1.32 bits per heavy atom. The number of hydrogen-bond donors (Lipinski definition) is 1. The van der Waals surface area contributed by atoms with Crippen LogP contribution in [0.2, 0.25) is 0 Å². The summed E-state index contributed by atoms with van der Waals surface area (Å²) in [5.74, 6) is 0.597. The average Bonchev–Trinajstić information content (AvgIpc) is 3.24. The van der Waals surface area contributed by atoms with Crippen molar-refractivity contribution in [1.82, 2.24) is 14.8 Å². The second-order valence-corrected chi connectivity index (χ2v) is 7.58. The molecule has 0 aliphatic rings. The zero-order valence-electron chi connectivity index (χ0n) is 16.8. The lowest BCUT2D eigenvalue weighted by atomic mass is 10.1. The van der Waals surface area contributed by atoms with Crippen molar-refractivity contribution < 1.29 is 9.53 Å². The lowest BCUT2D eigenvalue weighted by Gasteiger charge is -2.06.